The fourth-order valence-electron chi connectivity index (χ4n) is 4.42. The summed E-state index contributed by atoms with van der Waals surface area (Å²) in [5.41, 5.74) is 0.909. The Kier molecular flexibility index (Phi) is 7.91. The van der Waals surface area contributed by atoms with Gasteiger partial charge in [0.2, 0.25) is 0 Å². The second kappa shape index (κ2) is 10.9. The van der Waals surface area contributed by atoms with Crippen molar-refractivity contribution in [2.45, 2.75) is 25.7 Å². The molecule has 2 aliphatic heterocycles. The standard InChI is InChI=1S/C25H27ClF3N3O2/c1-32(14-15-4-8-34-9-5-15)7-6-30-23-13-18-17(12-21(28)24(29)25(18)31-23)22(33)11-16-2-3-20(27)19(26)10-16/h2-3,10,12,15H,4-9,11,13-14H2,1H3,(H,30,31). The van der Waals surface area contributed by atoms with Crippen LogP contribution < -0.4 is 5.32 Å². The number of aliphatic imine (C=N–C) groups is 1. The first-order valence-electron chi connectivity index (χ1n) is 11.4. The van der Waals surface area contributed by atoms with Gasteiger partial charge in [0.05, 0.1) is 17.3 Å². The number of anilines is 1. The number of nitrogens with one attached hydrogen (secondary N) is 1. The van der Waals surface area contributed by atoms with E-state index in [1.807, 2.05) is 7.05 Å². The summed E-state index contributed by atoms with van der Waals surface area (Å²) in [5.74, 6) is -2.02. The Balaban J connectivity index is 1.42. The lowest BCUT2D eigenvalue weighted by molar-refractivity contribution is 0.0561. The Morgan fingerprint density at radius 2 is 1.97 bits per heavy atom. The molecule has 0 aromatic heterocycles. The van der Waals surface area contributed by atoms with E-state index in [0.717, 1.165) is 45.2 Å². The highest BCUT2D eigenvalue weighted by atomic mass is 35.5. The van der Waals surface area contributed by atoms with Gasteiger partial charge >= 0.3 is 0 Å². The fourth-order valence-corrected chi connectivity index (χ4v) is 4.63. The smallest absolute Gasteiger partial charge is 0.182 e. The Morgan fingerprint density at radius 1 is 1.21 bits per heavy atom. The number of ketones is 1. The van der Waals surface area contributed by atoms with Crippen molar-refractivity contribution in [2.75, 3.05) is 45.2 Å². The van der Waals surface area contributed by atoms with E-state index < -0.39 is 23.2 Å². The Bertz CT molecular complexity index is 1100. The summed E-state index contributed by atoms with van der Waals surface area (Å²) in [6.45, 7) is 3.80. The first-order valence-corrected chi connectivity index (χ1v) is 11.7. The number of nitrogens with zero attached hydrogens (tertiary/aromatic N) is 2. The van der Waals surface area contributed by atoms with E-state index in [0.29, 0.717) is 29.4 Å². The van der Waals surface area contributed by atoms with Crippen LogP contribution in [0.1, 0.15) is 34.3 Å². The van der Waals surface area contributed by atoms with Crippen LogP contribution in [0.25, 0.3) is 0 Å². The van der Waals surface area contributed by atoms with Gasteiger partial charge in [-0.15, -0.1) is 0 Å². The number of ether oxygens (including phenoxy) is 1. The fraction of sp³-hybridized carbons (Fsp3) is 0.440. The minimum Gasteiger partial charge on any atom is -0.381 e. The van der Waals surface area contributed by atoms with Crippen molar-refractivity contribution >= 4 is 28.9 Å². The topological polar surface area (TPSA) is 53.9 Å². The van der Waals surface area contributed by atoms with E-state index >= 15 is 0 Å². The van der Waals surface area contributed by atoms with Gasteiger partial charge in [-0.2, -0.15) is 0 Å². The summed E-state index contributed by atoms with van der Waals surface area (Å²) in [5, 5.41) is 2.75. The SMILES string of the molecule is CN(CCN=C1Cc2c(C(=O)Cc3ccc(F)c(Cl)c3)cc(F)c(F)c2N1)CC1CCOCC1. The average molecular weight is 494 g/mol. The number of rotatable bonds is 8. The lowest BCUT2D eigenvalue weighted by atomic mass is 9.96. The summed E-state index contributed by atoms with van der Waals surface area (Å²) < 4.78 is 47.5. The molecule has 0 spiro atoms. The number of carbonyl (C=O) groups excluding carboxylic acids is 1. The number of hydrogen-bond donors (Lipinski definition) is 1. The molecule has 0 amide bonds. The first-order chi connectivity index (χ1) is 16.3. The minimum atomic E-state index is -1.11. The molecule has 0 bridgehead atoms. The number of hydrogen-bond acceptors (Lipinski definition) is 4. The number of amidine groups is 1. The van der Waals surface area contributed by atoms with Crippen molar-refractivity contribution in [3.05, 3.63) is 63.4 Å². The van der Waals surface area contributed by atoms with Gasteiger partial charge < -0.3 is 15.0 Å². The zero-order valence-electron chi connectivity index (χ0n) is 19.0. The highest BCUT2D eigenvalue weighted by Gasteiger charge is 2.28. The van der Waals surface area contributed by atoms with Crippen LogP contribution in [0.15, 0.2) is 29.3 Å². The quantitative estimate of drug-likeness (QED) is 0.531. The number of carbonyl (C=O) groups is 1. The van der Waals surface area contributed by atoms with E-state index in [-0.39, 0.29) is 29.1 Å². The van der Waals surface area contributed by atoms with Crippen molar-refractivity contribution in [3.63, 3.8) is 0 Å². The number of halogens is 4. The molecule has 4 rings (SSSR count). The molecule has 0 atom stereocenters. The summed E-state index contributed by atoms with van der Waals surface area (Å²) in [4.78, 5) is 19.7. The van der Waals surface area contributed by atoms with Crippen LogP contribution in [0.2, 0.25) is 5.02 Å². The molecule has 5 nitrogen and oxygen atoms in total. The lowest BCUT2D eigenvalue weighted by Crippen LogP contribution is -2.31. The maximum Gasteiger partial charge on any atom is 0.182 e. The second-order valence-electron chi connectivity index (χ2n) is 8.87. The molecule has 1 fully saturated rings. The Hall–Kier alpha value is -2.42. The Labute approximate surface area is 202 Å². The molecule has 0 saturated carbocycles. The molecular formula is C25H27ClF3N3O2. The maximum atomic E-state index is 14.5. The number of Topliss-reactive ketones (excluding diaryl/α,β-unsaturated/α-hetero) is 1. The Morgan fingerprint density at radius 3 is 2.71 bits per heavy atom. The lowest BCUT2D eigenvalue weighted by Gasteiger charge is -2.26. The van der Waals surface area contributed by atoms with Crippen LogP contribution in [-0.4, -0.2) is 56.4 Å². The average Bonchev–Trinajstić information content (AvgIpc) is 3.23. The molecule has 182 valence electrons. The summed E-state index contributed by atoms with van der Waals surface area (Å²) >= 11 is 5.80. The van der Waals surface area contributed by atoms with E-state index in [2.05, 4.69) is 15.2 Å². The van der Waals surface area contributed by atoms with Crippen LogP contribution in [0.4, 0.5) is 18.9 Å². The monoisotopic (exact) mass is 493 g/mol. The van der Waals surface area contributed by atoms with Crippen molar-refractivity contribution in [3.8, 4) is 0 Å². The van der Waals surface area contributed by atoms with Gasteiger partial charge in [-0.25, -0.2) is 13.2 Å². The molecule has 1 saturated heterocycles. The van der Waals surface area contributed by atoms with E-state index in [1.165, 1.54) is 18.2 Å². The predicted octanol–water partition coefficient (Wildman–Crippen LogP) is 4.91. The number of fused-ring (bicyclic) bond motifs is 1. The third-order valence-corrected chi connectivity index (χ3v) is 6.57. The summed E-state index contributed by atoms with van der Waals surface area (Å²) in [7, 11) is 2.04. The van der Waals surface area contributed by atoms with Crippen molar-refractivity contribution in [2.24, 2.45) is 10.9 Å². The van der Waals surface area contributed by atoms with Crippen molar-refractivity contribution < 1.29 is 22.7 Å². The molecule has 0 aliphatic carbocycles. The third kappa shape index (κ3) is 5.79. The number of likely N-dealkylation sites (N-methyl/N-ethyl adjacent to an activating group) is 1. The van der Waals surface area contributed by atoms with Crippen molar-refractivity contribution in [1.29, 1.82) is 0 Å². The molecule has 2 heterocycles. The zero-order valence-corrected chi connectivity index (χ0v) is 19.7. The molecule has 2 aromatic rings. The molecular weight excluding hydrogens is 467 g/mol. The summed E-state index contributed by atoms with van der Waals surface area (Å²) in [6, 6.07) is 4.90. The molecule has 2 aromatic carbocycles. The van der Waals surface area contributed by atoms with Crippen LogP contribution >= 0.6 is 11.6 Å². The van der Waals surface area contributed by atoms with E-state index in [4.69, 9.17) is 16.3 Å². The van der Waals surface area contributed by atoms with Gasteiger partial charge in [0.15, 0.2) is 17.4 Å². The molecule has 34 heavy (non-hydrogen) atoms. The number of benzene rings is 2. The van der Waals surface area contributed by atoms with Gasteiger partial charge in [0.25, 0.3) is 0 Å². The maximum absolute atomic E-state index is 14.5. The van der Waals surface area contributed by atoms with Gasteiger partial charge in [0, 0.05) is 44.7 Å². The first kappa shape index (κ1) is 24.7. The van der Waals surface area contributed by atoms with Gasteiger partial charge in [0.1, 0.15) is 11.7 Å². The van der Waals surface area contributed by atoms with Crippen LogP contribution in [0, 0.1) is 23.4 Å². The third-order valence-electron chi connectivity index (χ3n) is 6.28. The largest absolute Gasteiger partial charge is 0.381 e. The molecule has 9 heteroatoms. The van der Waals surface area contributed by atoms with Crippen LogP contribution in [0.5, 0.6) is 0 Å². The molecule has 2 aliphatic rings. The highest BCUT2D eigenvalue weighted by Crippen LogP contribution is 2.33. The minimum absolute atomic E-state index is 0.0465. The molecule has 0 unspecified atom stereocenters. The van der Waals surface area contributed by atoms with Crippen molar-refractivity contribution in [1.82, 2.24) is 4.90 Å². The van der Waals surface area contributed by atoms with E-state index in [1.54, 1.807) is 0 Å². The molecule has 1 N–H and O–H groups in total. The second-order valence-corrected chi connectivity index (χ2v) is 9.28. The van der Waals surface area contributed by atoms with Crippen LogP contribution in [-0.2, 0) is 17.6 Å². The van der Waals surface area contributed by atoms with Crippen LogP contribution in [0.3, 0.4) is 0 Å². The highest BCUT2D eigenvalue weighted by molar-refractivity contribution is 6.30. The predicted molar refractivity (Wildman–Crippen MR) is 126 cm³/mol. The normalized spacial score (nSPS) is 17.3. The van der Waals surface area contributed by atoms with Gasteiger partial charge in [-0.1, -0.05) is 17.7 Å². The van der Waals surface area contributed by atoms with Gasteiger partial charge in [-0.3, -0.25) is 9.79 Å². The van der Waals surface area contributed by atoms with Gasteiger partial charge in [-0.05, 0) is 55.1 Å². The zero-order chi connectivity index (χ0) is 24.2. The van der Waals surface area contributed by atoms with E-state index in [9.17, 15) is 18.0 Å². The summed E-state index contributed by atoms with van der Waals surface area (Å²) in [6.07, 6.45) is 2.21. The molecule has 0 radical (unpaired) electrons.